The van der Waals surface area contributed by atoms with E-state index in [-0.39, 0.29) is 12.0 Å². The second-order valence-corrected chi connectivity index (χ2v) is 5.13. The van der Waals surface area contributed by atoms with Crippen LogP contribution < -0.4 is 0 Å². The minimum Gasteiger partial charge on any atom is -0.381 e. The lowest BCUT2D eigenvalue weighted by Gasteiger charge is -2.24. The van der Waals surface area contributed by atoms with Crippen molar-refractivity contribution in [2.45, 2.75) is 47.1 Å². The molecule has 0 rings (SSSR count). The van der Waals surface area contributed by atoms with Gasteiger partial charge >= 0.3 is 0 Å². The molecule has 0 aromatic rings. The van der Waals surface area contributed by atoms with E-state index in [1.54, 1.807) is 7.11 Å². The molecule has 0 saturated heterocycles. The standard InChI is InChI=1S/C14H26O2/c1-10(2)14(16-6)13(5)8-11(3)7-12(4)9-15/h8-10,12-14H,7H2,1-6H3/b11-8+/t12-,13-,14-/m0/s1. The van der Waals surface area contributed by atoms with Gasteiger partial charge in [-0.3, -0.25) is 0 Å². The van der Waals surface area contributed by atoms with Crippen LogP contribution in [-0.4, -0.2) is 19.5 Å². The fourth-order valence-corrected chi connectivity index (χ4v) is 2.26. The lowest BCUT2D eigenvalue weighted by atomic mass is 9.91. The highest BCUT2D eigenvalue weighted by molar-refractivity contribution is 5.53. The smallest absolute Gasteiger partial charge is 0.123 e. The molecule has 0 aromatic carbocycles. The van der Waals surface area contributed by atoms with E-state index in [9.17, 15) is 4.79 Å². The van der Waals surface area contributed by atoms with Crippen LogP contribution >= 0.6 is 0 Å². The molecular weight excluding hydrogens is 200 g/mol. The van der Waals surface area contributed by atoms with E-state index in [1.165, 1.54) is 5.57 Å². The highest BCUT2D eigenvalue weighted by atomic mass is 16.5. The molecule has 0 amide bonds. The van der Waals surface area contributed by atoms with Gasteiger partial charge in [-0.25, -0.2) is 0 Å². The first kappa shape index (κ1) is 15.4. The van der Waals surface area contributed by atoms with Crippen molar-refractivity contribution in [3.8, 4) is 0 Å². The lowest BCUT2D eigenvalue weighted by molar-refractivity contribution is -0.110. The second-order valence-electron chi connectivity index (χ2n) is 5.13. The quantitative estimate of drug-likeness (QED) is 0.491. The van der Waals surface area contributed by atoms with Gasteiger partial charge in [0, 0.05) is 18.9 Å². The molecule has 2 heteroatoms. The topological polar surface area (TPSA) is 26.3 Å². The first-order valence-corrected chi connectivity index (χ1v) is 6.07. The lowest BCUT2D eigenvalue weighted by Crippen LogP contribution is -2.25. The molecule has 16 heavy (non-hydrogen) atoms. The summed E-state index contributed by atoms with van der Waals surface area (Å²) in [6.07, 6.45) is 4.34. The molecule has 0 aliphatic heterocycles. The fourth-order valence-electron chi connectivity index (χ4n) is 2.26. The maximum Gasteiger partial charge on any atom is 0.123 e. The Morgan fingerprint density at radius 3 is 2.19 bits per heavy atom. The minimum atomic E-state index is 0.114. The average molecular weight is 226 g/mol. The number of methoxy groups -OCH3 is 1. The first-order chi connectivity index (χ1) is 7.42. The van der Waals surface area contributed by atoms with Crippen molar-refractivity contribution in [1.29, 1.82) is 0 Å². The summed E-state index contributed by atoms with van der Waals surface area (Å²) in [5, 5.41) is 0. The number of rotatable bonds is 7. The molecule has 0 unspecified atom stereocenters. The summed E-state index contributed by atoms with van der Waals surface area (Å²) < 4.78 is 5.49. The SMILES string of the molecule is CO[C@@H](C(C)C)[C@@H](C)/C=C(\C)C[C@H](C)C=O. The maximum atomic E-state index is 10.6. The molecule has 0 fully saturated rings. The van der Waals surface area contributed by atoms with E-state index in [0.29, 0.717) is 11.8 Å². The van der Waals surface area contributed by atoms with Crippen LogP contribution in [0.4, 0.5) is 0 Å². The summed E-state index contributed by atoms with van der Waals surface area (Å²) in [5.74, 6) is 1.01. The van der Waals surface area contributed by atoms with Gasteiger partial charge in [-0.1, -0.05) is 39.3 Å². The van der Waals surface area contributed by atoms with Crippen LogP contribution in [0.5, 0.6) is 0 Å². The van der Waals surface area contributed by atoms with Gasteiger partial charge in [-0.05, 0) is 19.3 Å². The number of hydrogen-bond donors (Lipinski definition) is 0. The third-order valence-electron chi connectivity index (χ3n) is 2.87. The van der Waals surface area contributed by atoms with E-state index < -0.39 is 0 Å². The highest BCUT2D eigenvalue weighted by Crippen LogP contribution is 2.20. The molecule has 0 N–H and O–H groups in total. The van der Waals surface area contributed by atoms with Crippen LogP contribution in [0.1, 0.15) is 41.0 Å². The molecule has 94 valence electrons. The van der Waals surface area contributed by atoms with E-state index >= 15 is 0 Å². The Balaban J connectivity index is 4.43. The third kappa shape index (κ3) is 5.45. The van der Waals surface area contributed by atoms with Crippen molar-refractivity contribution in [1.82, 2.24) is 0 Å². The molecule has 0 aliphatic rings. The normalized spacial score (nSPS) is 18.3. The van der Waals surface area contributed by atoms with Gasteiger partial charge in [-0.15, -0.1) is 0 Å². The molecule has 0 saturated carbocycles. The van der Waals surface area contributed by atoms with Gasteiger partial charge in [0.15, 0.2) is 0 Å². The predicted molar refractivity (Wildman–Crippen MR) is 68.4 cm³/mol. The van der Waals surface area contributed by atoms with E-state index in [1.807, 2.05) is 6.92 Å². The first-order valence-electron chi connectivity index (χ1n) is 6.07. The largest absolute Gasteiger partial charge is 0.381 e. The van der Waals surface area contributed by atoms with Gasteiger partial charge in [0.1, 0.15) is 6.29 Å². The van der Waals surface area contributed by atoms with Gasteiger partial charge in [0.2, 0.25) is 0 Å². The molecule has 0 aromatic heterocycles. The summed E-state index contributed by atoms with van der Waals surface area (Å²) in [4.78, 5) is 10.6. The zero-order valence-electron chi connectivity index (χ0n) is 11.5. The number of ether oxygens (including phenoxy) is 1. The van der Waals surface area contributed by atoms with Crippen molar-refractivity contribution in [2.24, 2.45) is 17.8 Å². The van der Waals surface area contributed by atoms with Crippen molar-refractivity contribution in [3.63, 3.8) is 0 Å². The van der Waals surface area contributed by atoms with Crippen molar-refractivity contribution in [3.05, 3.63) is 11.6 Å². The number of carbonyl (C=O) groups excluding carboxylic acids is 1. The summed E-state index contributed by atoms with van der Waals surface area (Å²) in [5.41, 5.74) is 1.27. The molecule has 0 heterocycles. The molecular formula is C14H26O2. The summed E-state index contributed by atoms with van der Waals surface area (Å²) in [6.45, 7) is 10.5. The predicted octanol–water partition coefficient (Wildman–Crippen LogP) is 3.46. The van der Waals surface area contributed by atoms with Gasteiger partial charge in [0.05, 0.1) is 6.10 Å². The van der Waals surface area contributed by atoms with Crippen molar-refractivity contribution >= 4 is 6.29 Å². The highest BCUT2D eigenvalue weighted by Gasteiger charge is 2.18. The Kier molecular flexibility index (Phi) is 7.31. The Morgan fingerprint density at radius 1 is 1.25 bits per heavy atom. The van der Waals surface area contributed by atoms with Crippen LogP contribution in [0.2, 0.25) is 0 Å². The average Bonchev–Trinajstić information content (AvgIpc) is 2.17. The molecule has 0 spiro atoms. The van der Waals surface area contributed by atoms with E-state index in [4.69, 9.17) is 4.74 Å². The zero-order valence-corrected chi connectivity index (χ0v) is 11.5. The minimum absolute atomic E-state index is 0.114. The van der Waals surface area contributed by atoms with Crippen LogP contribution in [0, 0.1) is 17.8 Å². The molecule has 2 nitrogen and oxygen atoms in total. The maximum absolute atomic E-state index is 10.6. The van der Waals surface area contributed by atoms with Crippen molar-refractivity contribution in [2.75, 3.05) is 7.11 Å². The molecule has 0 bridgehead atoms. The number of carbonyl (C=O) groups is 1. The van der Waals surface area contributed by atoms with Crippen molar-refractivity contribution < 1.29 is 9.53 Å². The number of allylic oxidation sites excluding steroid dienone is 1. The van der Waals surface area contributed by atoms with E-state index in [2.05, 4.69) is 33.8 Å². The Hall–Kier alpha value is -0.630. The van der Waals surface area contributed by atoms with E-state index in [0.717, 1.165) is 12.7 Å². The van der Waals surface area contributed by atoms with Crippen LogP contribution in [0.15, 0.2) is 11.6 Å². The molecule has 0 radical (unpaired) electrons. The van der Waals surface area contributed by atoms with Gasteiger partial charge in [-0.2, -0.15) is 0 Å². The zero-order chi connectivity index (χ0) is 12.7. The monoisotopic (exact) mass is 226 g/mol. The number of aldehydes is 1. The Bertz CT molecular complexity index is 231. The Morgan fingerprint density at radius 2 is 1.81 bits per heavy atom. The van der Waals surface area contributed by atoms with Crippen LogP contribution in [-0.2, 0) is 9.53 Å². The fraction of sp³-hybridized carbons (Fsp3) is 0.786. The third-order valence-corrected chi connectivity index (χ3v) is 2.87. The summed E-state index contributed by atoms with van der Waals surface area (Å²) in [7, 11) is 1.76. The molecule has 3 atom stereocenters. The Labute approximate surface area is 100 Å². The number of hydrogen-bond acceptors (Lipinski definition) is 2. The second kappa shape index (κ2) is 7.61. The summed E-state index contributed by atoms with van der Waals surface area (Å²) >= 11 is 0. The van der Waals surface area contributed by atoms with Crippen LogP contribution in [0.3, 0.4) is 0 Å². The van der Waals surface area contributed by atoms with Gasteiger partial charge < -0.3 is 9.53 Å². The molecule has 0 aliphatic carbocycles. The summed E-state index contributed by atoms with van der Waals surface area (Å²) in [6, 6.07) is 0. The van der Waals surface area contributed by atoms with Gasteiger partial charge in [0.25, 0.3) is 0 Å². The van der Waals surface area contributed by atoms with Crippen LogP contribution in [0.25, 0.3) is 0 Å².